The molecule has 0 spiro atoms. The zero-order valence-corrected chi connectivity index (χ0v) is 21.3. The SMILES string of the molecule is O=C(COc1ccc(/C=C2/SC(=Nc3ccccc3)N(Cc3ccccc3)C2=O)cc1)Nc1ccccc1. The van der Waals surface area contributed by atoms with E-state index in [2.05, 4.69) is 5.32 Å². The zero-order valence-electron chi connectivity index (χ0n) is 20.5. The van der Waals surface area contributed by atoms with Crippen LogP contribution in [0.4, 0.5) is 11.4 Å². The van der Waals surface area contributed by atoms with E-state index in [0.29, 0.717) is 22.4 Å². The molecule has 0 atom stereocenters. The van der Waals surface area contributed by atoms with Gasteiger partial charge in [0.25, 0.3) is 11.8 Å². The lowest BCUT2D eigenvalue weighted by Crippen LogP contribution is -2.28. The van der Waals surface area contributed by atoms with Crippen LogP contribution in [0.3, 0.4) is 0 Å². The summed E-state index contributed by atoms with van der Waals surface area (Å²) >= 11 is 1.36. The Hall–Kier alpha value is -4.62. The predicted octanol–water partition coefficient (Wildman–Crippen LogP) is 6.51. The van der Waals surface area contributed by atoms with Gasteiger partial charge in [0.05, 0.1) is 17.1 Å². The van der Waals surface area contributed by atoms with E-state index >= 15 is 0 Å². The lowest BCUT2D eigenvalue weighted by molar-refractivity contribution is -0.122. The van der Waals surface area contributed by atoms with Gasteiger partial charge in [-0.25, -0.2) is 4.99 Å². The maximum atomic E-state index is 13.4. The highest BCUT2D eigenvalue weighted by Gasteiger charge is 2.33. The second kappa shape index (κ2) is 12.1. The Morgan fingerprint density at radius 1 is 0.842 bits per heavy atom. The summed E-state index contributed by atoms with van der Waals surface area (Å²) in [7, 11) is 0. The fourth-order valence-electron chi connectivity index (χ4n) is 3.79. The van der Waals surface area contributed by atoms with Crippen LogP contribution in [0.15, 0.2) is 125 Å². The van der Waals surface area contributed by atoms with E-state index in [1.807, 2.05) is 109 Å². The van der Waals surface area contributed by atoms with Crippen LogP contribution in [-0.2, 0) is 16.1 Å². The first-order valence-corrected chi connectivity index (χ1v) is 12.9. The van der Waals surface area contributed by atoms with Crippen LogP contribution in [-0.4, -0.2) is 28.5 Å². The van der Waals surface area contributed by atoms with Crippen molar-refractivity contribution in [3.63, 3.8) is 0 Å². The molecule has 0 unspecified atom stereocenters. The van der Waals surface area contributed by atoms with Crippen LogP contribution in [0.1, 0.15) is 11.1 Å². The molecular formula is C31H25N3O3S. The summed E-state index contributed by atoms with van der Waals surface area (Å²) in [6.07, 6.45) is 1.85. The van der Waals surface area contributed by atoms with Crippen LogP contribution in [0.2, 0.25) is 0 Å². The van der Waals surface area contributed by atoms with Crippen LogP contribution < -0.4 is 10.1 Å². The van der Waals surface area contributed by atoms with Crippen molar-refractivity contribution in [2.75, 3.05) is 11.9 Å². The monoisotopic (exact) mass is 519 g/mol. The molecule has 1 saturated heterocycles. The Morgan fingerprint density at radius 2 is 1.47 bits per heavy atom. The number of amidine groups is 1. The van der Waals surface area contributed by atoms with Crippen molar-refractivity contribution in [1.29, 1.82) is 0 Å². The van der Waals surface area contributed by atoms with Gasteiger partial charge >= 0.3 is 0 Å². The zero-order chi connectivity index (χ0) is 26.2. The number of hydrogen-bond donors (Lipinski definition) is 1. The first-order valence-electron chi connectivity index (χ1n) is 12.1. The van der Waals surface area contributed by atoms with Gasteiger partial charge in [-0.05, 0) is 65.4 Å². The number of thioether (sulfide) groups is 1. The summed E-state index contributed by atoms with van der Waals surface area (Å²) in [5, 5.41) is 3.43. The van der Waals surface area contributed by atoms with E-state index in [4.69, 9.17) is 9.73 Å². The average Bonchev–Trinajstić information content (AvgIpc) is 3.23. The quantitative estimate of drug-likeness (QED) is 0.270. The summed E-state index contributed by atoms with van der Waals surface area (Å²) < 4.78 is 5.62. The van der Waals surface area contributed by atoms with E-state index in [-0.39, 0.29) is 18.4 Å². The molecule has 1 aliphatic heterocycles. The molecule has 1 fully saturated rings. The molecule has 188 valence electrons. The Morgan fingerprint density at radius 3 is 2.16 bits per heavy atom. The van der Waals surface area contributed by atoms with Gasteiger partial charge in [-0.1, -0.05) is 78.9 Å². The molecule has 1 heterocycles. The second-order valence-corrected chi connectivity index (χ2v) is 9.50. The molecule has 38 heavy (non-hydrogen) atoms. The lowest BCUT2D eigenvalue weighted by atomic mass is 10.2. The summed E-state index contributed by atoms with van der Waals surface area (Å²) in [5.41, 5.74) is 3.39. The Kier molecular flexibility index (Phi) is 7.96. The summed E-state index contributed by atoms with van der Waals surface area (Å²) in [6, 6.07) is 36.0. The normalized spacial score (nSPS) is 15.2. The molecule has 1 aliphatic rings. The maximum Gasteiger partial charge on any atom is 0.267 e. The van der Waals surface area contributed by atoms with E-state index < -0.39 is 0 Å². The number of ether oxygens (including phenoxy) is 1. The van der Waals surface area contributed by atoms with Crippen LogP contribution >= 0.6 is 11.8 Å². The Balaban J connectivity index is 1.28. The summed E-state index contributed by atoms with van der Waals surface area (Å²) in [5.74, 6) is 0.239. The van der Waals surface area contributed by atoms with Crippen LogP contribution in [0.5, 0.6) is 5.75 Å². The Labute approximate surface area is 225 Å². The highest BCUT2D eigenvalue weighted by molar-refractivity contribution is 8.18. The van der Waals surface area contributed by atoms with Gasteiger partial charge < -0.3 is 10.1 Å². The van der Waals surface area contributed by atoms with Crippen molar-refractivity contribution >= 4 is 46.2 Å². The van der Waals surface area contributed by atoms with Crippen molar-refractivity contribution in [2.24, 2.45) is 4.99 Å². The lowest BCUT2D eigenvalue weighted by Gasteiger charge is -2.15. The van der Waals surface area contributed by atoms with Crippen molar-refractivity contribution in [3.05, 3.63) is 131 Å². The first kappa shape index (κ1) is 25.0. The van der Waals surface area contributed by atoms with Gasteiger partial charge in [0, 0.05) is 5.69 Å². The largest absolute Gasteiger partial charge is 0.484 e. The standard InChI is InChI=1S/C31H25N3O3S/c35-29(32-25-12-6-2-7-13-25)22-37-27-18-16-23(17-19-27)20-28-30(36)34(21-24-10-4-1-5-11-24)31(38-28)33-26-14-8-3-9-15-26/h1-20H,21-22H2,(H,32,35)/b28-20+,33-31?. The highest BCUT2D eigenvalue weighted by atomic mass is 32.2. The predicted molar refractivity (Wildman–Crippen MR) is 153 cm³/mol. The van der Waals surface area contributed by atoms with Crippen molar-refractivity contribution in [3.8, 4) is 5.75 Å². The topological polar surface area (TPSA) is 71.0 Å². The molecule has 0 bridgehead atoms. The summed E-state index contributed by atoms with van der Waals surface area (Å²) in [4.78, 5) is 32.6. The second-order valence-electron chi connectivity index (χ2n) is 8.49. The third kappa shape index (κ3) is 6.57. The highest BCUT2D eigenvalue weighted by Crippen LogP contribution is 2.35. The minimum Gasteiger partial charge on any atom is -0.484 e. The number of carbonyl (C=O) groups is 2. The molecular weight excluding hydrogens is 494 g/mol. The van der Waals surface area contributed by atoms with E-state index in [1.54, 1.807) is 17.0 Å². The van der Waals surface area contributed by atoms with Gasteiger partial charge in [-0.3, -0.25) is 14.5 Å². The maximum absolute atomic E-state index is 13.4. The molecule has 1 N–H and O–H groups in total. The number of para-hydroxylation sites is 2. The van der Waals surface area contributed by atoms with Gasteiger partial charge in [-0.2, -0.15) is 0 Å². The van der Waals surface area contributed by atoms with Crippen LogP contribution in [0, 0.1) is 0 Å². The number of amides is 2. The van der Waals surface area contributed by atoms with E-state index in [9.17, 15) is 9.59 Å². The smallest absolute Gasteiger partial charge is 0.267 e. The minimum absolute atomic E-state index is 0.0913. The number of carbonyl (C=O) groups excluding carboxylic acids is 2. The molecule has 4 aromatic rings. The minimum atomic E-state index is -0.237. The van der Waals surface area contributed by atoms with Crippen molar-refractivity contribution < 1.29 is 14.3 Å². The number of aliphatic imine (C=N–C) groups is 1. The molecule has 0 aromatic heterocycles. The number of benzene rings is 4. The molecule has 6 nitrogen and oxygen atoms in total. The number of nitrogens with one attached hydrogen (secondary N) is 1. The van der Waals surface area contributed by atoms with Gasteiger partial charge in [0.15, 0.2) is 11.8 Å². The van der Waals surface area contributed by atoms with Gasteiger partial charge in [0.1, 0.15) is 5.75 Å². The van der Waals surface area contributed by atoms with Crippen molar-refractivity contribution in [2.45, 2.75) is 6.54 Å². The van der Waals surface area contributed by atoms with E-state index in [1.165, 1.54) is 11.8 Å². The average molecular weight is 520 g/mol. The molecule has 4 aromatic carbocycles. The van der Waals surface area contributed by atoms with Gasteiger partial charge in [0.2, 0.25) is 0 Å². The fourth-order valence-corrected chi connectivity index (χ4v) is 4.79. The fraction of sp³-hybridized carbons (Fsp3) is 0.0645. The molecule has 0 aliphatic carbocycles. The van der Waals surface area contributed by atoms with Gasteiger partial charge in [-0.15, -0.1) is 0 Å². The third-order valence-electron chi connectivity index (χ3n) is 5.66. The number of rotatable bonds is 8. The molecule has 5 rings (SSSR count). The van der Waals surface area contributed by atoms with E-state index in [0.717, 1.165) is 22.5 Å². The summed E-state index contributed by atoms with van der Waals surface area (Å²) in [6.45, 7) is 0.338. The molecule has 0 radical (unpaired) electrons. The number of anilines is 1. The number of nitrogens with zero attached hydrogens (tertiary/aromatic N) is 2. The van der Waals surface area contributed by atoms with Crippen molar-refractivity contribution in [1.82, 2.24) is 4.90 Å². The Bertz CT molecular complexity index is 1460. The molecule has 0 saturated carbocycles. The number of hydrogen-bond acceptors (Lipinski definition) is 5. The van der Waals surface area contributed by atoms with Crippen LogP contribution in [0.25, 0.3) is 6.08 Å². The third-order valence-corrected chi connectivity index (χ3v) is 6.66. The molecule has 7 heteroatoms. The first-order chi connectivity index (χ1) is 18.6. The molecule has 2 amide bonds.